The third-order valence-corrected chi connectivity index (χ3v) is 8.04. The molecule has 10 nitrogen and oxygen atoms in total. The van der Waals surface area contributed by atoms with Crippen molar-refractivity contribution in [2.75, 3.05) is 31.3 Å². The number of anilines is 1. The average molecular weight is 605 g/mol. The Morgan fingerprint density at radius 3 is 2.70 bits per heavy atom. The molecule has 0 radical (unpaired) electrons. The van der Waals surface area contributed by atoms with Crippen LogP contribution in [-0.2, 0) is 14.3 Å². The lowest BCUT2D eigenvalue weighted by atomic mass is 9.95. The van der Waals surface area contributed by atoms with Gasteiger partial charge in [0.1, 0.15) is 36.2 Å². The summed E-state index contributed by atoms with van der Waals surface area (Å²) in [5.74, 6) is -0.866. The summed E-state index contributed by atoms with van der Waals surface area (Å²) in [5, 5.41) is 11.7. The van der Waals surface area contributed by atoms with E-state index in [-0.39, 0.29) is 33.5 Å². The molecular formula is C32H32N2O8S. The van der Waals surface area contributed by atoms with E-state index in [1.165, 1.54) is 11.0 Å². The number of amides is 1. The van der Waals surface area contributed by atoms with E-state index in [2.05, 4.69) is 25.4 Å². The summed E-state index contributed by atoms with van der Waals surface area (Å²) in [5.41, 5.74) is 1.00. The Labute approximate surface area is 253 Å². The molecule has 2 aliphatic heterocycles. The van der Waals surface area contributed by atoms with Crippen LogP contribution >= 0.6 is 11.3 Å². The number of benzene rings is 2. The summed E-state index contributed by atoms with van der Waals surface area (Å²) in [4.78, 5) is 45.8. The lowest BCUT2D eigenvalue weighted by Gasteiger charge is -2.24. The fraction of sp³-hybridized carbons (Fsp3) is 0.312. The molecule has 1 atom stereocenters. The zero-order chi connectivity index (χ0) is 30.7. The second-order valence-electron chi connectivity index (χ2n) is 10.4. The summed E-state index contributed by atoms with van der Waals surface area (Å²) >= 11 is 0.930. The van der Waals surface area contributed by atoms with Crippen molar-refractivity contribution in [2.24, 2.45) is 5.92 Å². The third-order valence-electron chi connectivity index (χ3n) is 6.91. The number of fused-ring (bicyclic) bond motifs is 1. The molecule has 11 heteroatoms. The van der Waals surface area contributed by atoms with Crippen LogP contribution in [0.2, 0.25) is 0 Å². The number of thiazole rings is 1. The second kappa shape index (κ2) is 12.7. The number of carbonyl (C=O) groups excluding carboxylic acids is 3. The van der Waals surface area contributed by atoms with Crippen molar-refractivity contribution in [3.63, 3.8) is 0 Å². The van der Waals surface area contributed by atoms with Gasteiger partial charge in [0.25, 0.3) is 5.78 Å². The van der Waals surface area contributed by atoms with Gasteiger partial charge in [-0.2, -0.15) is 0 Å². The third kappa shape index (κ3) is 6.12. The molecule has 3 heterocycles. The Bertz CT molecular complexity index is 1610. The molecule has 3 aromatic rings. The van der Waals surface area contributed by atoms with Gasteiger partial charge in [-0.3, -0.25) is 14.5 Å². The SMILES string of the molecule is C=CCOC(=O)c1sc(N2C(=O)C(=O)C(=C(O)c3ccc4c(c3)OCCO4)C2c2cccc(OCCC(C)C)c2)nc1C. The van der Waals surface area contributed by atoms with E-state index in [0.29, 0.717) is 54.2 Å². The average Bonchev–Trinajstić information content (AvgIpc) is 3.51. The largest absolute Gasteiger partial charge is 0.507 e. The fourth-order valence-corrected chi connectivity index (χ4v) is 5.74. The number of aliphatic hydroxyl groups excluding tert-OH is 1. The zero-order valence-corrected chi connectivity index (χ0v) is 24.9. The first-order chi connectivity index (χ1) is 20.7. The maximum atomic E-state index is 13.7. The molecule has 0 aliphatic carbocycles. The minimum atomic E-state index is -1.07. The summed E-state index contributed by atoms with van der Waals surface area (Å²) in [6.07, 6.45) is 2.29. The Hall–Kier alpha value is -4.64. The van der Waals surface area contributed by atoms with E-state index < -0.39 is 23.7 Å². The Kier molecular flexibility index (Phi) is 8.81. The van der Waals surface area contributed by atoms with Crippen molar-refractivity contribution in [3.05, 3.63) is 82.4 Å². The molecule has 2 aromatic carbocycles. The number of rotatable bonds is 10. The van der Waals surface area contributed by atoms with E-state index in [1.807, 2.05) is 0 Å². The summed E-state index contributed by atoms with van der Waals surface area (Å²) in [6.45, 7) is 10.6. The maximum absolute atomic E-state index is 13.7. The minimum Gasteiger partial charge on any atom is -0.507 e. The van der Waals surface area contributed by atoms with Crippen LogP contribution in [-0.4, -0.2) is 54.2 Å². The molecule has 224 valence electrons. The number of aryl methyl sites for hydroxylation is 1. The van der Waals surface area contributed by atoms with Crippen LogP contribution in [0.1, 0.15) is 52.8 Å². The molecule has 0 spiro atoms. The van der Waals surface area contributed by atoms with Crippen LogP contribution in [0, 0.1) is 12.8 Å². The van der Waals surface area contributed by atoms with E-state index in [1.54, 1.807) is 49.4 Å². The quantitative estimate of drug-likeness (QED) is 0.103. The summed E-state index contributed by atoms with van der Waals surface area (Å²) < 4.78 is 22.4. The predicted molar refractivity (Wildman–Crippen MR) is 161 cm³/mol. The molecule has 1 unspecified atom stereocenters. The van der Waals surface area contributed by atoms with Crippen LogP contribution in [0.15, 0.2) is 60.7 Å². The molecule has 1 saturated heterocycles. The number of ether oxygens (including phenoxy) is 4. The molecule has 2 aliphatic rings. The van der Waals surface area contributed by atoms with Crippen LogP contribution in [0.5, 0.6) is 17.2 Å². The highest BCUT2D eigenvalue weighted by Crippen LogP contribution is 2.45. The molecule has 0 bridgehead atoms. The van der Waals surface area contributed by atoms with Crippen molar-refractivity contribution in [1.29, 1.82) is 0 Å². The Morgan fingerprint density at radius 2 is 1.95 bits per heavy atom. The number of esters is 1. The van der Waals surface area contributed by atoms with E-state index in [9.17, 15) is 19.5 Å². The van der Waals surface area contributed by atoms with Crippen LogP contribution in [0.25, 0.3) is 5.76 Å². The number of aromatic nitrogens is 1. The van der Waals surface area contributed by atoms with Gasteiger partial charge in [0.15, 0.2) is 16.6 Å². The van der Waals surface area contributed by atoms with Crippen molar-refractivity contribution in [2.45, 2.75) is 33.2 Å². The van der Waals surface area contributed by atoms with E-state index in [4.69, 9.17) is 18.9 Å². The van der Waals surface area contributed by atoms with Crippen LogP contribution in [0.3, 0.4) is 0 Å². The van der Waals surface area contributed by atoms with Gasteiger partial charge in [0, 0.05) is 5.56 Å². The van der Waals surface area contributed by atoms with E-state index in [0.717, 1.165) is 17.8 Å². The number of carbonyl (C=O) groups is 3. The maximum Gasteiger partial charge on any atom is 0.350 e. The fourth-order valence-electron chi connectivity index (χ4n) is 4.75. The Balaban J connectivity index is 1.62. The van der Waals surface area contributed by atoms with Crippen LogP contribution < -0.4 is 19.1 Å². The smallest absolute Gasteiger partial charge is 0.350 e. The standard InChI is InChI=1S/C32H32N2O8S/c1-5-12-42-31(38)29-19(4)33-32(43-29)34-26(20-7-6-8-22(16-20)39-13-11-18(2)3)25(28(36)30(34)37)27(35)21-9-10-23-24(17-21)41-15-14-40-23/h5-10,16-18,26,35H,1,11-15H2,2-4H3. The molecule has 5 rings (SSSR count). The highest BCUT2D eigenvalue weighted by atomic mass is 32.1. The highest BCUT2D eigenvalue weighted by molar-refractivity contribution is 7.17. The number of nitrogens with zero attached hydrogens (tertiary/aromatic N) is 2. The van der Waals surface area contributed by atoms with Crippen molar-refractivity contribution >= 4 is 39.9 Å². The molecule has 43 heavy (non-hydrogen) atoms. The van der Waals surface area contributed by atoms with Crippen molar-refractivity contribution < 1.29 is 38.4 Å². The second-order valence-corrected chi connectivity index (χ2v) is 11.4. The zero-order valence-electron chi connectivity index (χ0n) is 24.1. The molecule has 1 aromatic heterocycles. The first-order valence-electron chi connectivity index (χ1n) is 13.9. The minimum absolute atomic E-state index is 0.00908. The van der Waals surface area contributed by atoms with Crippen LogP contribution in [0.4, 0.5) is 5.13 Å². The van der Waals surface area contributed by atoms with Crippen molar-refractivity contribution in [3.8, 4) is 17.2 Å². The van der Waals surface area contributed by atoms with Gasteiger partial charge in [-0.05, 0) is 55.2 Å². The lowest BCUT2D eigenvalue weighted by Crippen LogP contribution is -2.29. The van der Waals surface area contributed by atoms with Gasteiger partial charge in [-0.25, -0.2) is 9.78 Å². The van der Waals surface area contributed by atoms with Gasteiger partial charge in [0.2, 0.25) is 0 Å². The molecule has 1 N–H and O–H groups in total. The van der Waals surface area contributed by atoms with E-state index >= 15 is 0 Å². The van der Waals surface area contributed by atoms with Gasteiger partial charge < -0.3 is 24.1 Å². The number of aliphatic hydroxyl groups is 1. The first kappa shape index (κ1) is 29.8. The summed E-state index contributed by atoms with van der Waals surface area (Å²) in [7, 11) is 0. The van der Waals surface area contributed by atoms with Gasteiger partial charge in [0.05, 0.1) is 23.9 Å². The number of Topliss-reactive ketones (excluding diaryl/α,β-unsaturated/α-hetero) is 1. The molecule has 0 saturated carbocycles. The van der Waals surface area contributed by atoms with Gasteiger partial charge >= 0.3 is 11.9 Å². The summed E-state index contributed by atoms with van der Waals surface area (Å²) in [6, 6.07) is 10.8. The lowest BCUT2D eigenvalue weighted by molar-refractivity contribution is -0.132. The molecule has 1 fully saturated rings. The van der Waals surface area contributed by atoms with Crippen molar-refractivity contribution in [1.82, 2.24) is 4.98 Å². The first-order valence-corrected chi connectivity index (χ1v) is 14.7. The van der Waals surface area contributed by atoms with Gasteiger partial charge in [-0.1, -0.05) is 50.0 Å². The Morgan fingerprint density at radius 1 is 1.19 bits per heavy atom. The molecule has 1 amide bonds. The number of hydrogen-bond acceptors (Lipinski definition) is 10. The highest BCUT2D eigenvalue weighted by Gasteiger charge is 2.48. The molecular weight excluding hydrogens is 572 g/mol. The normalized spacial score (nSPS) is 17.3. The topological polar surface area (TPSA) is 124 Å². The number of ketones is 1. The predicted octanol–water partition coefficient (Wildman–Crippen LogP) is 5.62. The monoisotopic (exact) mass is 604 g/mol. The van der Waals surface area contributed by atoms with Gasteiger partial charge in [-0.15, -0.1) is 0 Å². The number of hydrogen-bond donors (Lipinski definition) is 1.